The molecule has 0 saturated carbocycles. The molecule has 0 bridgehead atoms. The van der Waals surface area contributed by atoms with Crippen molar-refractivity contribution in [2.45, 2.75) is 24.9 Å². The smallest absolute Gasteiger partial charge is 0.309 e. The van der Waals surface area contributed by atoms with Gasteiger partial charge in [-0.1, -0.05) is 6.92 Å². The molecule has 0 radical (unpaired) electrons. The van der Waals surface area contributed by atoms with Crippen molar-refractivity contribution in [3.8, 4) is 0 Å². The highest BCUT2D eigenvalue weighted by Crippen LogP contribution is 2.27. The monoisotopic (exact) mass is 176 g/mol. The van der Waals surface area contributed by atoms with Gasteiger partial charge in [-0.05, 0) is 5.75 Å². The fourth-order valence-corrected chi connectivity index (χ4v) is 2.07. The maximum absolute atomic E-state index is 10.8. The Balaban J connectivity index is 2.43. The molecule has 0 spiro atoms. The number of ether oxygens (including phenoxy) is 2. The van der Waals surface area contributed by atoms with Crippen LogP contribution in [0.15, 0.2) is 0 Å². The third kappa shape index (κ3) is 2.10. The Labute approximate surface area is 70.4 Å². The molecule has 0 aromatic heterocycles. The van der Waals surface area contributed by atoms with E-state index in [1.54, 1.807) is 18.9 Å². The summed E-state index contributed by atoms with van der Waals surface area (Å²) in [6, 6.07) is 0. The van der Waals surface area contributed by atoms with Gasteiger partial charge in [0.15, 0.2) is 0 Å². The van der Waals surface area contributed by atoms with Gasteiger partial charge in [0.1, 0.15) is 0 Å². The van der Waals surface area contributed by atoms with Crippen molar-refractivity contribution in [3.63, 3.8) is 0 Å². The third-order valence-corrected chi connectivity index (χ3v) is 2.68. The summed E-state index contributed by atoms with van der Waals surface area (Å²) in [6.45, 7) is 2.06. The molecule has 1 fully saturated rings. The lowest BCUT2D eigenvalue weighted by molar-refractivity contribution is -0.157. The molecule has 1 heterocycles. The lowest BCUT2D eigenvalue weighted by atomic mass is 10.3. The summed E-state index contributed by atoms with van der Waals surface area (Å²) >= 11 is 1.70. The first kappa shape index (κ1) is 8.87. The molecule has 1 aliphatic rings. The maximum atomic E-state index is 10.8. The minimum absolute atomic E-state index is 0.150. The number of rotatable bonds is 3. The molecule has 64 valence electrons. The molecule has 3 nitrogen and oxygen atoms in total. The minimum Gasteiger partial charge on any atom is -0.434 e. The van der Waals surface area contributed by atoms with Crippen molar-refractivity contribution >= 4 is 17.7 Å². The number of esters is 1. The van der Waals surface area contributed by atoms with Crippen molar-refractivity contribution < 1.29 is 14.3 Å². The van der Waals surface area contributed by atoms with Crippen LogP contribution in [0.3, 0.4) is 0 Å². The van der Waals surface area contributed by atoms with Gasteiger partial charge >= 0.3 is 5.97 Å². The predicted octanol–water partition coefficient (Wildman–Crippen LogP) is 1.03. The van der Waals surface area contributed by atoms with E-state index >= 15 is 0 Å². The van der Waals surface area contributed by atoms with Crippen LogP contribution < -0.4 is 0 Å². The molecule has 4 heteroatoms. The van der Waals surface area contributed by atoms with E-state index in [4.69, 9.17) is 9.47 Å². The van der Waals surface area contributed by atoms with E-state index in [2.05, 4.69) is 6.92 Å². The number of hydrogen-bond acceptors (Lipinski definition) is 4. The van der Waals surface area contributed by atoms with Crippen LogP contribution in [0, 0.1) is 0 Å². The summed E-state index contributed by atoms with van der Waals surface area (Å²) in [6.07, 6.45) is 0.157. The molecule has 0 N–H and O–H groups in total. The molecular formula is C7H12O3S. The van der Waals surface area contributed by atoms with Gasteiger partial charge in [-0.25, -0.2) is 0 Å². The third-order valence-electron chi connectivity index (χ3n) is 1.53. The van der Waals surface area contributed by atoms with Crippen molar-refractivity contribution in [1.29, 1.82) is 0 Å². The van der Waals surface area contributed by atoms with Crippen LogP contribution in [0.1, 0.15) is 13.3 Å². The van der Waals surface area contributed by atoms with E-state index in [9.17, 15) is 4.79 Å². The first-order chi connectivity index (χ1) is 5.27. The molecule has 0 aliphatic carbocycles. The van der Waals surface area contributed by atoms with Crippen LogP contribution in [-0.4, -0.2) is 30.4 Å². The zero-order valence-electron chi connectivity index (χ0n) is 6.70. The van der Waals surface area contributed by atoms with Crippen molar-refractivity contribution in [1.82, 2.24) is 0 Å². The number of carbonyl (C=O) groups excluding carboxylic acids is 1. The predicted molar refractivity (Wildman–Crippen MR) is 43.4 cm³/mol. The van der Waals surface area contributed by atoms with E-state index in [1.165, 1.54) is 0 Å². The summed E-state index contributed by atoms with van der Waals surface area (Å²) in [5.41, 5.74) is 0. The topological polar surface area (TPSA) is 35.5 Å². The second-order valence-electron chi connectivity index (χ2n) is 2.29. The minimum atomic E-state index is -0.326. The fraction of sp³-hybridized carbons (Fsp3) is 0.857. The highest BCUT2D eigenvalue weighted by molar-refractivity contribution is 7.99. The normalized spacial score (nSPS) is 30.5. The number of hydrogen-bond donors (Lipinski definition) is 0. The molecule has 1 rings (SSSR count). The van der Waals surface area contributed by atoms with Crippen LogP contribution in [-0.2, 0) is 14.3 Å². The van der Waals surface area contributed by atoms with Gasteiger partial charge in [0.25, 0.3) is 0 Å². The van der Waals surface area contributed by atoms with Crippen LogP contribution >= 0.6 is 11.8 Å². The highest BCUT2D eigenvalue weighted by Gasteiger charge is 2.34. The Bertz CT molecular complexity index is 149. The van der Waals surface area contributed by atoms with Gasteiger partial charge in [0, 0.05) is 7.11 Å². The van der Waals surface area contributed by atoms with Gasteiger partial charge in [-0.15, -0.1) is 0 Å². The van der Waals surface area contributed by atoms with E-state index < -0.39 is 0 Å². The summed E-state index contributed by atoms with van der Waals surface area (Å²) < 4.78 is 9.88. The van der Waals surface area contributed by atoms with E-state index in [-0.39, 0.29) is 17.5 Å². The number of carbonyl (C=O) groups is 1. The molecule has 0 aromatic rings. The van der Waals surface area contributed by atoms with Gasteiger partial charge in [-0.3, -0.25) is 4.79 Å². The first-order valence-electron chi connectivity index (χ1n) is 3.61. The molecule has 0 amide bonds. The number of thioether (sulfide) groups is 1. The Morgan fingerprint density at radius 2 is 2.55 bits per heavy atom. The fourth-order valence-electron chi connectivity index (χ4n) is 1.07. The van der Waals surface area contributed by atoms with Gasteiger partial charge in [0.2, 0.25) is 6.29 Å². The van der Waals surface area contributed by atoms with Crippen LogP contribution in [0.4, 0.5) is 0 Å². The summed E-state index contributed by atoms with van der Waals surface area (Å²) in [4.78, 5) is 10.8. The molecule has 0 unspecified atom stereocenters. The molecular weight excluding hydrogens is 164 g/mol. The number of cyclic esters (lactones) is 1. The molecule has 0 aromatic carbocycles. The van der Waals surface area contributed by atoms with Crippen LogP contribution in [0.5, 0.6) is 0 Å². The summed E-state index contributed by atoms with van der Waals surface area (Å²) in [5.74, 6) is 0.837. The van der Waals surface area contributed by atoms with Gasteiger partial charge < -0.3 is 9.47 Å². The van der Waals surface area contributed by atoms with Gasteiger partial charge in [0.05, 0.1) is 11.7 Å². The number of methoxy groups -OCH3 is 1. The van der Waals surface area contributed by atoms with Gasteiger partial charge in [-0.2, -0.15) is 11.8 Å². The van der Waals surface area contributed by atoms with E-state index in [0.717, 1.165) is 5.75 Å². The second kappa shape index (κ2) is 3.97. The van der Waals surface area contributed by atoms with Crippen molar-refractivity contribution in [3.05, 3.63) is 0 Å². The second-order valence-corrected chi connectivity index (χ2v) is 3.81. The molecule has 11 heavy (non-hydrogen) atoms. The zero-order valence-corrected chi connectivity index (χ0v) is 7.52. The van der Waals surface area contributed by atoms with Crippen LogP contribution in [0.2, 0.25) is 0 Å². The Hall–Kier alpha value is -0.220. The standard InChI is InChI=1S/C7H12O3S/c1-3-11-5-4-6(8)10-7(5)9-2/h5,7H,3-4H2,1-2H3/t5-,7-/m1/s1. The largest absolute Gasteiger partial charge is 0.434 e. The molecule has 1 saturated heterocycles. The zero-order chi connectivity index (χ0) is 8.27. The lowest BCUT2D eigenvalue weighted by Crippen LogP contribution is -2.20. The molecule has 1 aliphatic heterocycles. The highest BCUT2D eigenvalue weighted by atomic mass is 32.2. The van der Waals surface area contributed by atoms with Crippen molar-refractivity contribution in [2.75, 3.05) is 12.9 Å². The maximum Gasteiger partial charge on any atom is 0.309 e. The Morgan fingerprint density at radius 3 is 3.09 bits per heavy atom. The molecule has 2 atom stereocenters. The quantitative estimate of drug-likeness (QED) is 0.602. The average Bonchev–Trinajstić information content (AvgIpc) is 2.32. The first-order valence-corrected chi connectivity index (χ1v) is 4.66. The van der Waals surface area contributed by atoms with Crippen molar-refractivity contribution in [2.24, 2.45) is 0 Å². The Morgan fingerprint density at radius 1 is 1.82 bits per heavy atom. The van der Waals surface area contributed by atoms with Crippen LogP contribution in [0.25, 0.3) is 0 Å². The van der Waals surface area contributed by atoms with E-state index in [0.29, 0.717) is 6.42 Å². The lowest BCUT2D eigenvalue weighted by Gasteiger charge is -2.13. The van der Waals surface area contributed by atoms with E-state index in [1.807, 2.05) is 0 Å². The average molecular weight is 176 g/mol. The Kier molecular flexibility index (Phi) is 3.20. The summed E-state index contributed by atoms with van der Waals surface area (Å²) in [5, 5.41) is 0.192. The SMILES string of the molecule is CCS[C@@H]1CC(=O)O[C@H]1OC. The summed E-state index contributed by atoms with van der Waals surface area (Å²) in [7, 11) is 1.56.